The summed E-state index contributed by atoms with van der Waals surface area (Å²) in [5.74, 6) is -1.59. The molecule has 0 radical (unpaired) electrons. The van der Waals surface area contributed by atoms with Gasteiger partial charge in [-0.25, -0.2) is 4.39 Å². The summed E-state index contributed by atoms with van der Waals surface area (Å²) < 4.78 is 14.8. The van der Waals surface area contributed by atoms with Gasteiger partial charge in [0.15, 0.2) is 5.78 Å². The van der Waals surface area contributed by atoms with Crippen molar-refractivity contribution in [2.75, 3.05) is 6.54 Å². The first kappa shape index (κ1) is 27.0. The quantitative estimate of drug-likeness (QED) is 0.294. The van der Waals surface area contributed by atoms with Crippen LogP contribution in [0.1, 0.15) is 57.6 Å². The summed E-state index contributed by atoms with van der Waals surface area (Å²) >= 11 is 0. The number of benzene rings is 3. The zero-order valence-corrected chi connectivity index (χ0v) is 22.7. The van der Waals surface area contributed by atoms with Crippen molar-refractivity contribution in [3.05, 3.63) is 111 Å². The normalized spacial score (nSPS) is 15.3. The van der Waals surface area contributed by atoms with E-state index in [-0.39, 0.29) is 30.1 Å². The summed E-state index contributed by atoms with van der Waals surface area (Å²) in [6.45, 7) is 6.16. The average Bonchev–Trinajstić information content (AvgIpc) is 3.38. The molecule has 1 atom stereocenters. The van der Waals surface area contributed by atoms with Crippen LogP contribution in [0.5, 0.6) is 0 Å². The molecule has 1 aliphatic rings. The molecule has 5 rings (SSSR count). The van der Waals surface area contributed by atoms with Crippen LogP contribution >= 0.6 is 0 Å². The first-order chi connectivity index (χ1) is 19.2. The maximum atomic E-state index is 14.8. The lowest BCUT2D eigenvalue weighted by molar-refractivity contribution is -0.121. The number of hydrogen-bond donors (Lipinski definition) is 3. The Labute approximate surface area is 231 Å². The Kier molecular flexibility index (Phi) is 7.60. The fourth-order valence-electron chi connectivity index (χ4n) is 5.43. The van der Waals surface area contributed by atoms with Crippen molar-refractivity contribution in [2.45, 2.75) is 46.1 Å². The lowest BCUT2D eigenvalue weighted by Gasteiger charge is -2.28. The molecule has 1 aliphatic heterocycles. The van der Waals surface area contributed by atoms with Crippen LogP contribution in [0, 0.1) is 19.7 Å². The van der Waals surface area contributed by atoms with Gasteiger partial charge in [0.2, 0.25) is 5.91 Å². The van der Waals surface area contributed by atoms with Gasteiger partial charge in [-0.2, -0.15) is 5.10 Å². The number of rotatable bonds is 8. The third-order valence-corrected chi connectivity index (χ3v) is 7.52. The van der Waals surface area contributed by atoms with Gasteiger partial charge in [0, 0.05) is 30.3 Å². The molecule has 2 amide bonds. The number of Topliss-reactive ketones (excluding diaryl/α,β-unsaturated/α-hetero) is 1. The zero-order valence-electron chi connectivity index (χ0n) is 22.7. The number of nitrogens with zero attached hydrogens (tertiary/aromatic N) is 1. The van der Waals surface area contributed by atoms with Crippen molar-refractivity contribution in [3.63, 3.8) is 0 Å². The number of hydrogen-bond acceptors (Lipinski definition) is 4. The van der Waals surface area contributed by atoms with Crippen LogP contribution in [0.15, 0.2) is 71.9 Å². The summed E-state index contributed by atoms with van der Waals surface area (Å²) in [5.41, 5.74) is 6.58. The third kappa shape index (κ3) is 5.57. The summed E-state index contributed by atoms with van der Waals surface area (Å²) in [5, 5.41) is 13.5. The summed E-state index contributed by atoms with van der Waals surface area (Å²) in [6.07, 6.45) is 2.55. The lowest BCUT2D eigenvalue weighted by Crippen LogP contribution is -2.37. The number of aromatic amines is 1. The van der Waals surface area contributed by atoms with Gasteiger partial charge >= 0.3 is 0 Å². The molecule has 7 nitrogen and oxygen atoms in total. The average molecular weight is 539 g/mol. The number of halogens is 1. The largest absolute Gasteiger partial charge is 0.352 e. The molecule has 2 heterocycles. The summed E-state index contributed by atoms with van der Waals surface area (Å²) in [4.78, 5) is 39.1. The highest BCUT2D eigenvalue weighted by atomic mass is 19.1. The predicted molar refractivity (Wildman–Crippen MR) is 151 cm³/mol. The highest BCUT2D eigenvalue weighted by Gasteiger charge is 2.31. The van der Waals surface area contributed by atoms with Crippen LogP contribution in [0.25, 0.3) is 10.9 Å². The molecule has 0 fully saturated rings. The van der Waals surface area contributed by atoms with Crippen molar-refractivity contribution >= 4 is 28.5 Å². The maximum Gasteiger partial charge on any atom is 0.254 e. The minimum Gasteiger partial charge on any atom is -0.352 e. The Bertz CT molecular complexity index is 1650. The molecule has 8 heteroatoms. The second kappa shape index (κ2) is 11.3. The molecule has 0 aliphatic carbocycles. The predicted octanol–water partition coefficient (Wildman–Crippen LogP) is 4.98. The molecule has 204 valence electrons. The van der Waals surface area contributed by atoms with E-state index < -0.39 is 17.8 Å². The van der Waals surface area contributed by atoms with Gasteiger partial charge in [-0.05, 0) is 79.3 Å². The van der Waals surface area contributed by atoms with Gasteiger partial charge in [-0.1, -0.05) is 35.9 Å². The Hall–Kier alpha value is -4.59. The minimum absolute atomic E-state index is 0.102. The fraction of sp³-hybridized carbons (Fsp3) is 0.250. The van der Waals surface area contributed by atoms with Crippen LogP contribution < -0.4 is 10.6 Å². The van der Waals surface area contributed by atoms with Crippen LogP contribution in [-0.2, 0) is 22.4 Å². The van der Waals surface area contributed by atoms with Crippen molar-refractivity contribution in [3.8, 4) is 0 Å². The van der Waals surface area contributed by atoms with Gasteiger partial charge in [-0.15, -0.1) is 0 Å². The standard InChI is InChI=1S/C32H31FN4O3/c1-18-5-4-6-19(2)24(18)11-12-34-32(40)25-16-22(8-9-26(25)33)31-30(20(3)13-29(39)36-31)28(38)15-21-7-10-27-23(14-21)17-35-37-27/h4-10,14,16-17,31H,11-13,15H2,1-3H3,(H,34,40)(H,35,37)(H,36,39). The van der Waals surface area contributed by atoms with Gasteiger partial charge in [0.05, 0.1) is 23.3 Å². The molecule has 0 saturated carbocycles. The van der Waals surface area contributed by atoms with E-state index in [1.54, 1.807) is 13.1 Å². The lowest BCUT2D eigenvalue weighted by atomic mass is 9.85. The van der Waals surface area contributed by atoms with Crippen molar-refractivity contribution in [1.82, 2.24) is 20.8 Å². The van der Waals surface area contributed by atoms with Gasteiger partial charge in [0.25, 0.3) is 5.91 Å². The highest BCUT2D eigenvalue weighted by Crippen LogP contribution is 2.32. The fourth-order valence-corrected chi connectivity index (χ4v) is 5.43. The summed E-state index contributed by atoms with van der Waals surface area (Å²) in [7, 11) is 0. The smallest absolute Gasteiger partial charge is 0.254 e. The van der Waals surface area contributed by atoms with E-state index in [4.69, 9.17) is 0 Å². The summed E-state index contributed by atoms with van der Waals surface area (Å²) in [6, 6.07) is 15.0. The van der Waals surface area contributed by atoms with Crippen LogP contribution in [0.2, 0.25) is 0 Å². The molecular formula is C32H31FN4O3. The second-order valence-electron chi connectivity index (χ2n) is 10.4. The monoisotopic (exact) mass is 538 g/mol. The van der Waals surface area contributed by atoms with E-state index in [9.17, 15) is 18.8 Å². The second-order valence-corrected chi connectivity index (χ2v) is 10.4. The van der Waals surface area contributed by atoms with E-state index >= 15 is 0 Å². The van der Waals surface area contributed by atoms with Crippen LogP contribution in [0.3, 0.4) is 0 Å². The van der Waals surface area contributed by atoms with E-state index in [1.807, 2.05) is 50.2 Å². The molecule has 40 heavy (non-hydrogen) atoms. The number of H-pyrrole nitrogens is 1. The van der Waals surface area contributed by atoms with Crippen molar-refractivity contribution in [1.29, 1.82) is 0 Å². The topological polar surface area (TPSA) is 104 Å². The molecule has 0 spiro atoms. The molecule has 1 unspecified atom stereocenters. The molecule has 3 N–H and O–H groups in total. The number of aromatic nitrogens is 2. The van der Waals surface area contributed by atoms with Gasteiger partial charge < -0.3 is 10.6 Å². The van der Waals surface area contributed by atoms with E-state index in [2.05, 4.69) is 20.8 Å². The van der Waals surface area contributed by atoms with Crippen LogP contribution in [0.4, 0.5) is 4.39 Å². The number of aryl methyl sites for hydroxylation is 2. The van der Waals surface area contributed by atoms with E-state index in [0.717, 1.165) is 33.2 Å². The molecule has 3 aromatic carbocycles. The van der Waals surface area contributed by atoms with Gasteiger partial charge in [-0.3, -0.25) is 19.5 Å². The number of amides is 2. The van der Waals surface area contributed by atoms with E-state index in [0.29, 0.717) is 29.7 Å². The zero-order chi connectivity index (χ0) is 28.4. The van der Waals surface area contributed by atoms with Crippen molar-refractivity contribution in [2.24, 2.45) is 0 Å². The number of fused-ring (bicyclic) bond motifs is 1. The molecule has 4 aromatic rings. The first-order valence-corrected chi connectivity index (χ1v) is 13.3. The third-order valence-electron chi connectivity index (χ3n) is 7.52. The molecular weight excluding hydrogens is 507 g/mol. The Morgan fingerprint density at radius 1 is 1.05 bits per heavy atom. The van der Waals surface area contributed by atoms with Crippen molar-refractivity contribution < 1.29 is 18.8 Å². The number of carbonyl (C=O) groups excluding carboxylic acids is 3. The first-order valence-electron chi connectivity index (χ1n) is 13.3. The molecule has 1 aromatic heterocycles. The number of carbonyl (C=O) groups is 3. The Balaban J connectivity index is 1.36. The van der Waals surface area contributed by atoms with Gasteiger partial charge in [0.1, 0.15) is 5.82 Å². The molecule has 0 saturated heterocycles. The number of nitrogens with one attached hydrogen (secondary N) is 3. The van der Waals surface area contributed by atoms with E-state index in [1.165, 1.54) is 18.2 Å². The highest BCUT2D eigenvalue weighted by molar-refractivity contribution is 6.02. The number of ketones is 1. The Morgan fingerprint density at radius 3 is 2.60 bits per heavy atom. The molecule has 0 bridgehead atoms. The minimum atomic E-state index is -0.784. The maximum absolute atomic E-state index is 14.8. The SMILES string of the molecule is CC1=C(C(=O)Cc2ccc3[nH]ncc3c2)C(c2ccc(F)c(C(=O)NCCc3c(C)cccc3C)c2)NC(=O)C1. The Morgan fingerprint density at radius 2 is 1.82 bits per heavy atom. The van der Waals surface area contributed by atoms with Crippen LogP contribution in [-0.4, -0.2) is 34.3 Å².